The zero-order valence-electron chi connectivity index (χ0n) is 16.8. The summed E-state index contributed by atoms with van der Waals surface area (Å²) in [6, 6.07) is 8.24. The van der Waals surface area contributed by atoms with Crippen molar-refractivity contribution in [1.29, 1.82) is 0 Å². The van der Waals surface area contributed by atoms with Gasteiger partial charge < -0.3 is 14.6 Å². The van der Waals surface area contributed by atoms with Gasteiger partial charge in [0.1, 0.15) is 17.4 Å². The Balaban J connectivity index is 0.00000218. The molecule has 1 N–H and O–H groups in total. The van der Waals surface area contributed by atoms with E-state index < -0.39 is 0 Å². The minimum Gasteiger partial charge on any atom is -0.438 e. The van der Waals surface area contributed by atoms with E-state index in [1.807, 2.05) is 12.1 Å². The molecule has 4 heterocycles. The number of hydrogen-bond acceptors (Lipinski definition) is 7. The van der Waals surface area contributed by atoms with Crippen LogP contribution < -0.4 is 10.1 Å². The second-order valence-corrected chi connectivity index (χ2v) is 7.64. The third-order valence-corrected chi connectivity index (χ3v) is 5.70. The van der Waals surface area contributed by atoms with Crippen LogP contribution in [0.25, 0.3) is 0 Å². The number of aromatic nitrogens is 5. The Morgan fingerprint density at radius 2 is 1.87 bits per heavy atom. The number of nitrogens with zero attached hydrogens (tertiary/aromatic N) is 6. The van der Waals surface area contributed by atoms with E-state index in [0.29, 0.717) is 11.8 Å². The van der Waals surface area contributed by atoms with Gasteiger partial charge in [-0.1, -0.05) is 12.1 Å². The highest BCUT2D eigenvalue weighted by Crippen LogP contribution is 2.29. The minimum atomic E-state index is 0. The highest BCUT2D eigenvalue weighted by Gasteiger charge is 2.26. The van der Waals surface area contributed by atoms with E-state index in [4.69, 9.17) is 4.74 Å². The first-order chi connectivity index (χ1) is 14.3. The summed E-state index contributed by atoms with van der Waals surface area (Å²) in [4.78, 5) is 10.7. The number of ether oxygens (including phenoxy) is 1. The fourth-order valence-corrected chi connectivity index (χ4v) is 4.15. The first-order valence-corrected chi connectivity index (χ1v) is 10.2. The molecule has 0 aliphatic carbocycles. The largest absolute Gasteiger partial charge is 0.438 e. The van der Waals surface area contributed by atoms with Crippen LogP contribution >= 0.6 is 12.4 Å². The number of hydrogen-bond donors (Lipinski definition) is 1. The van der Waals surface area contributed by atoms with Crippen molar-refractivity contribution < 1.29 is 4.74 Å². The third kappa shape index (κ3) is 4.61. The minimum absolute atomic E-state index is 0. The average molecular weight is 428 g/mol. The molecule has 2 aliphatic rings. The summed E-state index contributed by atoms with van der Waals surface area (Å²) >= 11 is 0. The van der Waals surface area contributed by atoms with E-state index >= 15 is 0 Å². The van der Waals surface area contributed by atoms with Gasteiger partial charge in [0, 0.05) is 37.9 Å². The summed E-state index contributed by atoms with van der Waals surface area (Å²) in [6.07, 6.45) is 7.15. The lowest BCUT2D eigenvalue weighted by atomic mass is 9.95. The number of rotatable bonds is 5. The summed E-state index contributed by atoms with van der Waals surface area (Å²) in [5.41, 5.74) is 1.29. The molecule has 3 aromatic rings. The fraction of sp³-hybridized carbons (Fsp3) is 0.429. The summed E-state index contributed by atoms with van der Waals surface area (Å²) in [7, 11) is 0. The van der Waals surface area contributed by atoms with E-state index in [1.54, 1.807) is 18.6 Å². The van der Waals surface area contributed by atoms with Crippen molar-refractivity contribution in [1.82, 2.24) is 34.9 Å². The lowest BCUT2D eigenvalue weighted by Gasteiger charge is -2.32. The van der Waals surface area contributed by atoms with Gasteiger partial charge in [-0.25, -0.2) is 4.98 Å². The van der Waals surface area contributed by atoms with Crippen LogP contribution in [0.4, 0.5) is 0 Å². The summed E-state index contributed by atoms with van der Waals surface area (Å²) in [5, 5.41) is 12.2. The number of nitrogens with one attached hydrogen (secondary N) is 1. The maximum atomic E-state index is 5.72. The topological polar surface area (TPSA) is 81.0 Å². The molecule has 0 radical (unpaired) electrons. The summed E-state index contributed by atoms with van der Waals surface area (Å²) in [5.74, 6) is 4.07. The molecule has 0 amide bonds. The molecule has 1 fully saturated rings. The Morgan fingerprint density at radius 1 is 1.03 bits per heavy atom. The first-order valence-electron chi connectivity index (χ1n) is 10.2. The molecule has 2 aromatic heterocycles. The molecule has 0 saturated carbocycles. The quantitative estimate of drug-likeness (QED) is 0.670. The zero-order chi connectivity index (χ0) is 19.5. The second kappa shape index (κ2) is 9.51. The van der Waals surface area contributed by atoms with E-state index in [2.05, 4.69) is 47.1 Å². The number of halogens is 1. The first kappa shape index (κ1) is 20.7. The highest BCUT2D eigenvalue weighted by molar-refractivity contribution is 5.85. The lowest BCUT2D eigenvalue weighted by Crippen LogP contribution is -2.34. The van der Waals surface area contributed by atoms with Crippen molar-refractivity contribution >= 4 is 12.4 Å². The predicted octanol–water partition coefficient (Wildman–Crippen LogP) is 2.77. The van der Waals surface area contributed by atoms with Gasteiger partial charge in [-0.2, -0.15) is 0 Å². The fourth-order valence-electron chi connectivity index (χ4n) is 4.15. The van der Waals surface area contributed by atoms with E-state index in [-0.39, 0.29) is 12.4 Å². The standard InChI is InChI=1S/C21H25N7O.ClH/c1-3-18(29-20-14-22-7-8-24-20)4-2-16(1)15-27-10-5-17(6-11-27)21-26-25-19-13-23-9-12-28(19)21;/h1-4,7-8,14,17,23H,5-6,9-13,15H2;1H. The molecular weight excluding hydrogens is 402 g/mol. The van der Waals surface area contributed by atoms with Gasteiger partial charge in [0.05, 0.1) is 12.7 Å². The molecule has 5 rings (SSSR count). The lowest BCUT2D eigenvalue weighted by molar-refractivity contribution is 0.199. The SMILES string of the molecule is Cl.c1cnc(Oc2ccc(CN3CCC(c4nnc5n4CCNC5)CC3)cc2)cn1. The van der Waals surface area contributed by atoms with Gasteiger partial charge in [0.15, 0.2) is 0 Å². The maximum Gasteiger partial charge on any atom is 0.237 e. The van der Waals surface area contributed by atoms with Crippen LogP contribution in [0.1, 0.15) is 36.0 Å². The Kier molecular flexibility index (Phi) is 6.56. The van der Waals surface area contributed by atoms with Crippen LogP contribution in [0.15, 0.2) is 42.9 Å². The van der Waals surface area contributed by atoms with Gasteiger partial charge in [-0.05, 0) is 43.6 Å². The average Bonchev–Trinajstić information content (AvgIpc) is 3.21. The van der Waals surface area contributed by atoms with E-state index in [0.717, 1.165) is 63.7 Å². The Labute approximate surface area is 182 Å². The highest BCUT2D eigenvalue weighted by atomic mass is 35.5. The molecule has 0 atom stereocenters. The number of piperidine rings is 1. The predicted molar refractivity (Wildman–Crippen MR) is 115 cm³/mol. The smallest absolute Gasteiger partial charge is 0.237 e. The number of fused-ring (bicyclic) bond motifs is 1. The number of benzene rings is 1. The van der Waals surface area contributed by atoms with Crippen LogP contribution in [0, 0.1) is 0 Å². The zero-order valence-corrected chi connectivity index (χ0v) is 17.6. The normalized spacial score (nSPS) is 17.2. The molecule has 2 aliphatic heterocycles. The molecule has 30 heavy (non-hydrogen) atoms. The van der Waals surface area contributed by atoms with Crippen LogP contribution in [-0.4, -0.2) is 49.3 Å². The molecule has 1 aromatic carbocycles. The van der Waals surface area contributed by atoms with Gasteiger partial charge >= 0.3 is 0 Å². The van der Waals surface area contributed by atoms with Gasteiger partial charge in [0.2, 0.25) is 5.88 Å². The van der Waals surface area contributed by atoms with Gasteiger partial charge in [0.25, 0.3) is 0 Å². The molecule has 0 spiro atoms. The van der Waals surface area contributed by atoms with Crippen LogP contribution in [0.3, 0.4) is 0 Å². The maximum absolute atomic E-state index is 5.72. The van der Waals surface area contributed by atoms with Crippen molar-refractivity contribution in [2.45, 2.75) is 38.4 Å². The van der Waals surface area contributed by atoms with Crippen molar-refractivity contribution in [2.24, 2.45) is 0 Å². The van der Waals surface area contributed by atoms with Gasteiger partial charge in [-0.3, -0.25) is 9.88 Å². The molecule has 9 heteroatoms. The Bertz CT molecular complexity index is 940. The summed E-state index contributed by atoms with van der Waals surface area (Å²) < 4.78 is 8.04. The molecule has 0 unspecified atom stereocenters. The molecular formula is C21H26ClN7O. The second-order valence-electron chi connectivity index (χ2n) is 7.64. The third-order valence-electron chi connectivity index (χ3n) is 5.70. The van der Waals surface area contributed by atoms with Crippen LogP contribution in [0.2, 0.25) is 0 Å². The number of likely N-dealkylation sites (tertiary alicyclic amines) is 1. The molecule has 1 saturated heterocycles. The van der Waals surface area contributed by atoms with Crippen molar-refractivity contribution in [3.05, 3.63) is 60.1 Å². The monoisotopic (exact) mass is 427 g/mol. The Hall–Kier alpha value is -2.55. The molecule has 158 valence electrons. The van der Waals surface area contributed by atoms with Crippen molar-refractivity contribution in [3.63, 3.8) is 0 Å². The Morgan fingerprint density at radius 3 is 2.63 bits per heavy atom. The van der Waals surface area contributed by atoms with Gasteiger partial charge in [-0.15, -0.1) is 22.6 Å². The van der Waals surface area contributed by atoms with E-state index in [9.17, 15) is 0 Å². The van der Waals surface area contributed by atoms with Crippen LogP contribution in [-0.2, 0) is 19.6 Å². The molecule has 8 nitrogen and oxygen atoms in total. The summed E-state index contributed by atoms with van der Waals surface area (Å²) in [6.45, 7) is 5.96. The van der Waals surface area contributed by atoms with Crippen molar-refractivity contribution in [2.75, 3.05) is 19.6 Å². The van der Waals surface area contributed by atoms with Crippen molar-refractivity contribution in [3.8, 4) is 11.6 Å². The van der Waals surface area contributed by atoms with E-state index in [1.165, 1.54) is 11.4 Å². The van der Waals surface area contributed by atoms with Crippen LogP contribution in [0.5, 0.6) is 11.6 Å². The molecule has 0 bridgehead atoms.